The van der Waals surface area contributed by atoms with Crippen LogP contribution in [0.5, 0.6) is 0 Å². The lowest BCUT2D eigenvalue weighted by Gasteiger charge is -2.24. The molecule has 1 aliphatic heterocycles. The van der Waals surface area contributed by atoms with Crippen molar-refractivity contribution in [2.24, 2.45) is 0 Å². The molecule has 1 fully saturated rings. The standard InChI is InChI=1S/C25H24ClN3O4S/c1-34(33)23-5-3-2-4-21(23)16-6-10-18(11-7-16)27-24(31)22-14-20(30)15-29(22)25(32)28-19-12-8-17(26)9-13-19/h2-13,20,22,30H,14-15H2,1H3,(H,27,31)(H,28,32). The molecular weight excluding hydrogens is 474 g/mol. The molecule has 3 aromatic carbocycles. The first-order valence-corrected chi connectivity index (χ1v) is 12.6. The van der Waals surface area contributed by atoms with Gasteiger partial charge >= 0.3 is 6.03 Å². The number of hydrogen-bond donors (Lipinski definition) is 3. The van der Waals surface area contributed by atoms with E-state index in [2.05, 4.69) is 10.6 Å². The molecule has 1 heterocycles. The first kappa shape index (κ1) is 23.9. The lowest BCUT2D eigenvalue weighted by molar-refractivity contribution is -0.119. The van der Waals surface area contributed by atoms with Crippen LogP contribution in [-0.2, 0) is 15.6 Å². The van der Waals surface area contributed by atoms with E-state index in [9.17, 15) is 18.9 Å². The fraction of sp³-hybridized carbons (Fsp3) is 0.200. The van der Waals surface area contributed by atoms with Gasteiger partial charge in [0.25, 0.3) is 0 Å². The van der Waals surface area contributed by atoms with Gasteiger partial charge in [0.05, 0.1) is 16.9 Å². The summed E-state index contributed by atoms with van der Waals surface area (Å²) in [5, 5.41) is 16.2. The molecule has 0 aliphatic carbocycles. The van der Waals surface area contributed by atoms with E-state index in [1.54, 1.807) is 42.7 Å². The summed E-state index contributed by atoms with van der Waals surface area (Å²) in [5.41, 5.74) is 2.84. The number of carbonyl (C=O) groups excluding carboxylic acids is 2. The first-order chi connectivity index (χ1) is 16.3. The Hall–Kier alpha value is -3.20. The van der Waals surface area contributed by atoms with Crippen LogP contribution in [0.4, 0.5) is 16.2 Å². The number of aliphatic hydroxyl groups excluding tert-OH is 1. The molecule has 4 rings (SSSR count). The summed E-state index contributed by atoms with van der Waals surface area (Å²) in [7, 11) is -1.13. The highest BCUT2D eigenvalue weighted by Crippen LogP contribution is 2.28. The van der Waals surface area contributed by atoms with Gasteiger partial charge in [-0.25, -0.2) is 4.79 Å². The van der Waals surface area contributed by atoms with Gasteiger partial charge in [-0.1, -0.05) is 41.9 Å². The van der Waals surface area contributed by atoms with E-state index in [0.29, 0.717) is 16.4 Å². The lowest BCUT2D eigenvalue weighted by Crippen LogP contribution is -2.45. The number of nitrogens with zero attached hydrogens (tertiary/aromatic N) is 1. The maximum atomic E-state index is 13.0. The maximum Gasteiger partial charge on any atom is 0.322 e. The lowest BCUT2D eigenvalue weighted by atomic mass is 10.1. The number of hydrogen-bond acceptors (Lipinski definition) is 4. The first-order valence-electron chi connectivity index (χ1n) is 10.7. The van der Waals surface area contributed by atoms with E-state index in [1.807, 2.05) is 36.4 Å². The fourth-order valence-corrected chi connectivity index (χ4v) is 4.82. The largest absolute Gasteiger partial charge is 0.391 e. The Labute approximate surface area is 205 Å². The minimum Gasteiger partial charge on any atom is -0.391 e. The molecule has 34 heavy (non-hydrogen) atoms. The van der Waals surface area contributed by atoms with Gasteiger partial charge in [-0.3, -0.25) is 9.00 Å². The molecular formula is C25H24ClN3O4S. The molecule has 0 bridgehead atoms. The van der Waals surface area contributed by atoms with Crippen LogP contribution in [0.15, 0.2) is 77.7 Å². The van der Waals surface area contributed by atoms with E-state index in [0.717, 1.165) is 16.0 Å². The minimum absolute atomic E-state index is 0.0569. The Morgan fingerprint density at radius 1 is 0.971 bits per heavy atom. The van der Waals surface area contributed by atoms with Crippen molar-refractivity contribution in [1.29, 1.82) is 0 Å². The highest BCUT2D eigenvalue weighted by molar-refractivity contribution is 7.84. The van der Waals surface area contributed by atoms with Crippen molar-refractivity contribution in [2.75, 3.05) is 23.4 Å². The molecule has 0 saturated carbocycles. The second-order valence-electron chi connectivity index (χ2n) is 8.01. The van der Waals surface area contributed by atoms with Crippen molar-refractivity contribution in [3.8, 4) is 11.1 Å². The molecule has 3 unspecified atom stereocenters. The van der Waals surface area contributed by atoms with Crippen molar-refractivity contribution in [2.45, 2.75) is 23.5 Å². The second kappa shape index (κ2) is 10.4. The van der Waals surface area contributed by atoms with Gasteiger partial charge in [-0.2, -0.15) is 0 Å². The summed E-state index contributed by atoms with van der Waals surface area (Å²) in [4.78, 5) is 27.8. The van der Waals surface area contributed by atoms with Gasteiger partial charge in [0, 0.05) is 40.5 Å². The molecule has 176 valence electrons. The second-order valence-corrected chi connectivity index (χ2v) is 9.80. The number of anilines is 2. The number of rotatable bonds is 5. The van der Waals surface area contributed by atoms with Crippen LogP contribution in [0, 0.1) is 0 Å². The third-order valence-corrected chi connectivity index (χ3v) is 6.83. The molecule has 3 aromatic rings. The van der Waals surface area contributed by atoms with Crippen LogP contribution in [0.25, 0.3) is 11.1 Å². The zero-order valence-electron chi connectivity index (χ0n) is 18.4. The number of aliphatic hydroxyl groups is 1. The van der Waals surface area contributed by atoms with Crippen molar-refractivity contribution in [3.63, 3.8) is 0 Å². The molecule has 0 radical (unpaired) electrons. The van der Waals surface area contributed by atoms with Crippen molar-refractivity contribution >= 4 is 45.7 Å². The van der Waals surface area contributed by atoms with Crippen LogP contribution in [0.1, 0.15) is 6.42 Å². The van der Waals surface area contributed by atoms with E-state index >= 15 is 0 Å². The number of halogens is 1. The summed E-state index contributed by atoms with van der Waals surface area (Å²) in [6.45, 7) is 0.0569. The van der Waals surface area contributed by atoms with Crippen molar-refractivity contribution < 1.29 is 18.9 Å². The normalized spacial score (nSPS) is 18.4. The highest BCUT2D eigenvalue weighted by atomic mass is 35.5. The Kier molecular flexibility index (Phi) is 7.31. The Morgan fingerprint density at radius 2 is 1.59 bits per heavy atom. The van der Waals surface area contributed by atoms with Gasteiger partial charge in [0.2, 0.25) is 5.91 Å². The van der Waals surface area contributed by atoms with E-state index < -0.39 is 29.0 Å². The third kappa shape index (κ3) is 5.47. The fourth-order valence-electron chi connectivity index (χ4n) is 3.93. The highest BCUT2D eigenvalue weighted by Gasteiger charge is 2.39. The summed E-state index contributed by atoms with van der Waals surface area (Å²) in [6.07, 6.45) is 0.992. The summed E-state index contributed by atoms with van der Waals surface area (Å²) in [5.74, 6) is -0.384. The number of nitrogens with one attached hydrogen (secondary N) is 2. The van der Waals surface area contributed by atoms with Gasteiger partial charge < -0.3 is 20.6 Å². The van der Waals surface area contributed by atoms with Crippen LogP contribution in [-0.4, -0.2) is 51.1 Å². The van der Waals surface area contributed by atoms with E-state index in [-0.39, 0.29) is 18.9 Å². The molecule has 0 spiro atoms. The van der Waals surface area contributed by atoms with Gasteiger partial charge in [-0.05, 0) is 53.6 Å². The Bertz CT molecular complexity index is 1220. The number of benzene rings is 3. The van der Waals surface area contributed by atoms with E-state index in [1.165, 1.54) is 4.90 Å². The number of urea groups is 1. The monoisotopic (exact) mass is 497 g/mol. The van der Waals surface area contributed by atoms with Crippen LogP contribution in [0.3, 0.4) is 0 Å². The van der Waals surface area contributed by atoms with Crippen molar-refractivity contribution in [1.82, 2.24) is 4.90 Å². The number of carbonyl (C=O) groups is 2. The molecule has 0 aromatic heterocycles. The summed E-state index contributed by atoms with van der Waals surface area (Å²) >= 11 is 5.88. The van der Waals surface area contributed by atoms with Gasteiger partial charge in [-0.15, -0.1) is 0 Å². The topological polar surface area (TPSA) is 98.7 Å². The predicted molar refractivity (Wildman–Crippen MR) is 134 cm³/mol. The molecule has 9 heteroatoms. The third-order valence-electron chi connectivity index (χ3n) is 5.60. The number of amides is 3. The van der Waals surface area contributed by atoms with Gasteiger partial charge in [0.1, 0.15) is 6.04 Å². The predicted octanol–water partition coefficient (Wildman–Crippen LogP) is 4.35. The average molecular weight is 498 g/mol. The molecule has 1 saturated heterocycles. The Morgan fingerprint density at radius 3 is 2.26 bits per heavy atom. The van der Waals surface area contributed by atoms with Crippen LogP contribution < -0.4 is 10.6 Å². The van der Waals surface area contributed by atoms with E-state index in [4.69, 9.17) is 11.6 Å². The molecule has 7 nitrogen and oxygen atoms in total. The number of β-amino-alcohol motifs (C(OH)–C–C–N with tert-alkyl or cyclic N) is 1. The van der Waals surface area contributed by atoms with Crippen LogP contribution >= 0.6 is 11.6 Å². The smallest absolute Gasteiger partial charge is 0.322 e. The zero-order valence-corrected chi connectivity index (χ0v) is 20.0. The maximum absolute atomic E-state index is 13.0. The number of likely N-dealkylation sites (tertiary alicyclic amines) is 1. The Balaban J connectivity index is 1.45. The molecule has 3 N–H and O–H groups in total. The summed E-state index contributed by atoms with van der Waals surface area (Å²) in [6, 6.07) is 20.0. The summed E-state index contributed by atoms with van der Waals surface area (Å²) < 4.78 is 12.0. The minimum atomic E-state index is -1.13. The average Bonchev–Trinajstić information content (AvgIpc) is 3.23. The SMILES string of the molecule is CS(=O)c1ccccc1-c1ccc(NC(=O)C2CC(O)CN2C(=O)Nc2ccc(Cl)cc2)cc1. The molecule has 3 amide bonds. The van der Waals surface area contributed by atoms with Crippen molar-refractivity contribution in [3.05, 3.63) is 77.8 Å². The quantitative estimate of drug-likeness (QED) is 0.488. The molecule has 3 atom stereocenters. The van der Waals surface area contributed by atoms with Gasteiger partial charge in [0.15, 0.2) is 0 Å². The molecule has 1 aliphatic rings. The zero-order chi connectivity index (χ0) is 24.2. The van der Waals surface area contributed by atoms with Crippen LogP contribution in [0.2, 0.25) is 5.02 Å².